The monoisotopic (exact) mass is 506 g/mol. The number of aromatic nitrogens is 3. The molecule has 1 aliphatic rings. The minimum absolute atomic E-state index is 0.0233. The molecule has 0 radical (unpaired) electrons. The maximum absolute atomic E-state index is 13.6. The van der Waals surface area contributed by atoms with Crippen LogP contribution in [0.5, 0.6) is 0 Å². The highest BCUT2D eigenvalue weighted by Crippen LogP contribution is 2.41. The smallest absolute Gasteiger partial charge is 0.229 e. The molecule has 36 heavy (non-hydrogen) atoms. The fraction of sp³-hybridized carbons (Fsp3) is 0.370. The number of benzene rings is 1. The van der Waals surface area contributed by atoms with Gasteiger partial charge in [0.1, 0.15) is 11.6 Å². The summed E-state index contributed by atoms with van der Waals surface area (Å²) in [6, 6.07) is 11.5. The van der Waals surface area contributed by atoms with Gasteiger partial charge in [0, 0.05) is 11.3 Å². The fourth-order valence-electron chi connectivity index (χ4n) is 4.64. The van der Waals surface area contributed by atoms with E-state index >= 15 is 0 Å². The SMILES string of the molecule is CCS(=O)(=O)c1ccc(CC(=O)Nc2ccc3c(n2)CC(C)C(C)(c2cc(C)nc(C)n2)C3=O)cc1. The van der Waals surface area contributed by atoms with Crippen LogP contribution >= 0.6 is 0 Å². The van der Waals surface area contributed by atoms with Crippen molar-refractivity contribution in [2.45, 2.75) is 57.8 Å². The molecule has 1 amide bonds. The van der Waals surface area contributed by atoms with Crippen LogP contribution in [0.3, 0.4) is 0 Å². The average molecular weight is 507 g/mol. The second-order valence-electron chi connectivity index (χ2n) is 9.54. The van der Waals surface area contributed by atoms with Gasteiger partial charge in [-0.3, -0.25) is 9.59 Å². The Morgan fingerprint density at radius 3 is 2.42 bits per heavy atom. The van der Waals surface area contributed by atoms with Crippen molar-refractivity contribution in [2.24, 2.45) is 5.92 Å². The van der Waals surface area contributed by atoms with Crippen LogP contribution in [0.4, 0.5) is 5.82 Å². The predicted octanol–water partition coefficient (Wildman–Crippen LogP) is 3.80. The molecule has 0 spiro atoms. The molecule has 9 heteroatoms. The van der Waals surface area contributed by atoms with Crippen LogP contribution in [0.2, 0.25) is 0 Å². The van der Waals surface area contributed by atoms with Crippen molar-refractivity contribution >= 4 is 27.3 Å². The van der Waals surface area contributed by atoms with Crippen LogP contribution < -0.4 is 5.32 Å². The molecule has 188 valence electrons. The maximum Gasteiger partial charge on any atom is 0.229 e. The third kappa shape index (κ3) is 4.80. The molecular weight excluding hydrogens is 476 g/mol. The molecule has 0 bridgehead atoms. The lowest BCUT2D eigenvalue weighted by Crippen LogP contribution is -2.45. The summed E-state index contributed by atoms with van der Waals surface area (Å²) in [7, 11) is -3.29. The van der Waals surface area contributed by atoms with Crippen LogP contribution in [-0.2, 0) is 32.9 Å². The molecular formula is C27H30N4O4S. The number of ketones is 1. The molecule has 0 fully saturated rings. The number of aryl methyl sites for hydroxylation is 2. The largest absolute Gasteiger partial charge is 0.310 e. The van der Waals surface area contributed by atoms with E-state index in [1.54, 1.807) is 31.2 Å². The topological polar surface area (TPSA) is 119 Å². The Balaban J connectivity index is 1.52. The number of hydrogen-bond acceptors (Lipinski definition) is 7. The van der Waals surface area contributed by atoms with E-state index in [9.17, 15) is 18.0 Å². The van der Waals surface area contributed by atoms with Crippen molar-refractivity contribution in [3.8, 4) is 0 Å². The predicted molar refractivity (Wildman–Crippen MR) is 137 cm³/mol. The molecule has 2 heterocycles. The minimum Gasteiger partial charge on any atom is -0.310 e. The Hall–Kier alpha value is -3.46. The average Bonchev–Trinajstić information content (AvgIpc) is 2.82. The van der Waals surface area contributed by atoms with Crippen molar-refractivity contribution in [1.82, 2.24) is 15.0 Å². The highest BCUT2D eigenvalue weighted by Gasteiger charge is 2.47. The summed E-state index contributed by atoms with van der Waals surface area (Å²) in [5.41, 5.74) is 2.62. The van der Waals surface area contributed by atoms with Gasteiger partial charge in [0.2, 0.25) is 5.91 Å². The van der Waals surface area contributed by atoms with Gasteiger partial charge in [-0.05, 0) is 69.0 Å². The van der Waals surface area contributed by atoms with Crippen molar-refractivity contribution in [3.05, 3.63) is 76.5 Å². The Bertz CT molecular complexity index is 1430. The molecule has 3 aromatic rings. The quantitative estimate of drug-likeness (QED) is 0.540. The number of Topliss-reactive ketones (excluding diaryl/α,β-unsaturated/α-hetero) is 1. The van der Waals surface area contributed by atoms with Crippen LogP contribution in [-0.4, -0.2) is 40.8 Å². The van der Waals surface area contributed by atoms with E-state index in [1.165, 1.54) is 12.1 Å². The number of pyridine rings is 1. The molecule has 2 aromatic heterocycles. The summed E-state index contributed by atoms with van der Waals surface area (Å²) in [5, 5.41) is 2.79. The number of anilines is 1. The van der Waals surface area contributed by atoms with E-state index in [1.807, 2.05) is 33.8 Å². The molecule has 1 aromatic carbocycles. The Morgan fingerprint density at radius 2 is 1.78 bits per heavy atom. The van der Waals surface area contributed by atoms with Crippen LogP contribution in [0.25, 0.3) is 0 Å². The number of carbonyl (C=O) groups excluding carboxylic acids is 2. The van der Waals surface area contributed by atoms with Crippen molar-refractivity contribution in [1.29, 1.82) is 0 Å². The van der Waals surface area contributed by atoms with Gasteiger partial charge >= 0.3 is 0 Å². The highest BCUT2D eigenvalue weighted by molar-refractivity contribution is 7.91. The first-order valence-corrected chi connectivity index (χ1v) is 13.6. The van der Waals surface area contributed by atoms with E-state index in [0.29, 0.717) is 40.6 Å². The van der Waals surface area contributed by atoms with E-state index in [2.05, 4.69) is 20.3 Å². The maximum atomic E-state index is 13.6. The lowest BCUT2D eigenvalue weighted by Gasteiger charge is -2.38. The summed E-state index contributed by atoms with van der Waals surface area (Å²) in [5.74, 6) is 0.663. The van der Waals surface area contributed by atoms with Crippen molar-refractivity contribution < 1.29 is 18.0 Å². The number of amides is 1. The second-order valence-corrected chi connectivity index (χ2v) is 11.8. The first-order chi connectivity index (χ1) is 16.9. The fourth-order valence-corrected chi connectivity index (χ4v) is 5.52. The van der Waals surface area contributed by atoms with E-state index in [4.69, 9.17) is 0 Å². The zero-order chi connectivity index (χ0) is 26.3. The first-order valence-electron chi connectivity index (χ1n) is 11.9. The zero-order valence-electron chi connectivity index (χ0n) is 21.1. The first kappa shape index (κ1) is 25.6. The Labute approximate surface area is 211 Å². The summed E-state index contributed by atoms with van der Waals surface area (Å²) >= 11 is 0. The normalized spacial score (nSPS) is 19.6. The van der Waals surface area contributed by atoms with Crippen molar-refractivity contribution in [3.63, 3.8) is 0 Å². The Kier molecular flexibility index (Phi) is 6.79. The van der Waals surface area contributed by atoms with Crippen molar-refractivity contribution in [2.75, 3.05) is 11.1 Å². The van der Waals surface area contributed by atoms with Gasteiger partial charge in [0.25, 0.3) is 0 Å². The lowest BCUT2D eigenvalue weighted by atomic mass is 9.64. The molecule has 2 unspecified atom stereocenters. The third-order valence-electron chi connectivity index (χ3n) is 6.97. The van der Waals surface area contributed by atoms with E-state index in [-0.39, 0.29) is 34.7 Å². The van der Waals surface area contributed by atoms with Gasteiger partial charge in [-0.25, -0.2) is 23.4 Å². The van der Waals surface area contributed by atoms with Crippen LogP contribution in [0.1, 0.15) is 59.6 Å². The van der Waals surface area contributed by atoms with Crippen LogP contribution in [0.15, 0.2) is 47.4 Å². The molecule has 0 saturated heterocycles. The number of nitrogens with zero attached hydrogens (tertiary/aromatic N) is 3. The molecule has 8 nitrogen and oxygen atoms in total. The minimum atomic E-state index is -3.29. The Morgan fingerprint density at radius 1 is 1.08 bits per heavy atom. The van der Waals surface area contributed by atoms with Gasteiger partial charge in [-0.15, -0.1) is 0 Å². The van der Waals surface area contributed by atoms with Crippen LogP contribution in [0, 0.1) is 19.8 Å². The van der Waals surface area contributed by atoms with Gasteiger partial charge in [0.15, 0.2) is 15.6 Å². The summed E-state index contributed by atoms with van der Waals surface area (Å²) in [6.07, 6.45) is 0.641. The summed E-state index contributed by atoms with van der Waals surface area (Å²) in [6.45, 7) is 9.25. The number of hydrogen-bond donors (Lipinski definition) is 1. The van der Waals surface area contributed by atoms with Gasteiger partial charge in [-0.2, -0.15) is 0 Å². The standard InChI is InChI=1S/C27H30N4O4S/c1-6-36(34,35)20-9-7-19(8-10-20)15-25(32)31-24-12-11-21-22(30-24)13-16(2)27(5,26(21)33)23-14-17(3)28-18(4)29-23/h7-12,14,16H,6,13,15H2,1-5H3,(H,30,31,32). The molecule has 4 rings (SSSR count). The number of sulfone groups is 1. The zero-order valence-corrected chi connectivity index (χ0v) is 21.9. The van der Waals surface area contributed by atoms with Gasteiger partial charge in [-0.1, -0.05) is 26.0 Å². The molecule has 0 aliphatic heterocycles. The molecule has 0 saturated carbocycles. The number of fused-ring (bicyclic) bond motifs is 1. The van der Waals surface area contributed by atoms with Gasteiger partial charge in [0.05, 0.1) is 33.9 Å². The van der Waals surface area contributed by atoms with E-state index < -0.39 is 15.3 Å². The number of rotatable bonds is 6. The summed E-state index contributed by atoms with van der Waals surface area (Å²) < 4.78 is 23.9. The van der Waals surface area contributed by atoms with E-state index in [0.717, 1.165) is 5.69 Å². The number of carbonyl (C=O) groups is 2. The number of nitrogens with one attached hydrogen (secondary N) is 1. The second kappa shape index (κ2) is 9.54. The third-order valence-corrected chi connectivity index (χ3v) is 8.72. The van der Waals surface area contributed by atoms with Gasteiger partial charge < -0.3 is 5.32 Å². The molecule has 1 N–H and O–H groups in total. The molecule has 2 atom stereocenters. The highest BCUT2D eigenvalue weighted by atomic mass is 32.2. The molecule has 1 aliphatic carbocycles. The lowest BCUT2D eigenvalue weighted by molar-refractivity contribution is -0.115. The summed E-state index contributed by atoms with van der Waals surface area (Å²) in [4.78, 5) is 40.0.